The Balaban J connectivity index is 1.98. The first-order chi connectivity index (χ1) is 5.19. The first-order valence-corrected chi connectivity index (χ1v) is 4.51. The predicted molar refractivity (Wildman–Crippen MR) is 40.1 cm³/mol. The normalized spacial score (nSPS) is 66.0. The van der Waals surface area contributed by atoms with Crippen LogP contribution in [0.3, 0.4) is 0 Å². The molecule has 0 amide bonds. The molecule has 2 nitrogen and oxygen atoms in total. The molecule has 1 saturated heterocycles. The van der Waals surface area contributed by atoms with Crippen LogP contribution in [0.25, 0.3) is 0 Å². The Bertz CT molecular complexity index is 202. The summed E-state index contributed by atoms with van der Waals surface area (Å²) in [4.78, 5) is 0. The largest absolute Gasteiger partial charge is 0.392 e. The maximum absolute atomic E-state index is 9.77. The number of aliphatic hydroxyl groups excluding tert-OH is 1. The number of rotatable bonds is 0. The Hall–Kier alpha value is -0.0800. The van der Waals surface area contributed by atoms with Gasteiger partial charge in [0.15, 0.2) is 0 Å². The molecule has 1 N–H and O–H groups in total. The van der Waals surface area contributed by atoms with Crippen molar-refractivity contribution < 1.29 is 9.84 Å². The minimum atomic E-state index is -0.0938. The van der Waals surface area contributed by atoms with Gasteiger partial charge in [-0.15, -0.1) is 0 Å². The quantitative estimate of drug-likeness (QED) is 0.527. The Kier molecular flexibility index (Phi) is 0.879. The second-order valence-corrected chi connectivity index (χ2v) is 4.56. The van der Waals surface area contributed by atoms with Gasteiger partial charge in [0.25, 0.3) is 0 Å². The van der Waals surface area contributed by atoms with Gasteiger partial charge >= 0.3 is 0 Å². The summed E-state index contributed by atoms with van der Waals surface area (Å²) in [6, 6.07) is 0. The molecular formula is C9H14O2. The molecule has 0 radical (unpaired) electrons. The van der Waals surface area contributed by atoms with Crippen LogP contribution >= 0.6 is 0 Å². The van der Waals surface area contributed by atoms with Crippen LogP contribution in [0.2, 0.25) is 0 Å². The van der Waals surface area contributed by atoms with E-state index in [0.717, 1.165) is 18.9 Å². The molecule has 62 valence electrons. The van der Waals surface area contributed by atoms with Crippen molar-refractivity contribution in [3.05, 3.63) is 0 Å². The lowest BCUT2D eigenvalue weighted by Crippen LogP contribution is -2.56. The zero-order valence-electron chi connectivity index (χ0n) is 6.84. The van der Waals surface area contributed by atoms with E-state index in [0.29, 0.717) is 0 Å². The van der Waals surface area contributed by atoms with Crippen LogP contribution in [0.15, 0.2) is 0 Å². The number of aliphatic hydroxyl groups is 1. The van der Waals surface area contributed by atoms with Gasteiger partial charge in [-0.25, -0.2) is 0 Å². The molecule has 1 heterocycles. The minimum absolute atomic E-state index is 0.0938. The van der Waals surface area contributed by atoms with Gasteiger partial charge in [-0.2, -0.15) is 0 Å². The van der Waals surface area contributed by atoms with Gasteiger partial charge in [-0.05, 0) is 25.2 Å². The van der Waals surface area contributed by atoms with E-state index in [2.05, 4.69) is 6.92 Å². The molecule has 0 bridgehead atoms. The fourth-order valence-corrected chi connectivity index (χ4v) is 3.22. The Morgan fingerprint density at radius 2 is 2.18 bits per heavy atom. The Morgan fingerprint density at radius 1 is 1.45 bits per heavy atom. The minimum Gasteiger partial charge on any atom is -0.392 e. The summed E-state index contributed by atoms with van der Waals surface area (Å²) in [5.41, 5.74) is 0.264. The third-order valence-corrected chi connectivity index (χ3v) is 4.38. The predicted octanol–water partition coefficient (Wildman–Crippen LogP) is 0.936. The highest BCUT2D eigenvalue weighted by Gasteiger charge is 2.75. The average Bonchev–Trinajstić information content (AvgIpc) is 2.73. The van der Waals surface area contributed by atoms with Gasteiger partial charge < -0.3 is 9.84 Å². The van der Waals surface area contributed by atoms with Gasteiger partial charge in [0.1, 0.15) is 0 Å². The summed E-state index contributed by atoms with van der Waals surface area (Å²) < 4.78 is 5.46. The SMILES string of the molecule is CC12C(O)CCC1CC21CO1. The molecule has 11 heavy (non-hydrogen) atoms. The van der Waals surface area contributed by atoms with Crippen LogP contribution in [0, 0.1) is 11.3 Å². The molecule has 3 aliphatic rings. The van der Waals surface area contributed by atoms with E-state index < -0.39 is 0 Å². The number of ether oxygens (including phenoxy) is 1. The molecule has 4 unspecified atom stereocenters. The molecule has 4 atom stereocenters. The van der Waals surface area contributed by atoms with Gasteiger partial charge in [-0.1, -0.05) is 6.92 Å². The number of epoxide rings is 1. The summed E-state index contributed by atoms with van der Waals surface area (Å²) in [5, 5.41) is 9.77. The monoisotopic (exact) mass is 154 g/mol. The molecular weight excluding hydrogens is 140 g/mol. The average molecular weight is 154 g/mol. The van der Waals surface area contributed by atoms with Crippen molar-refractivity contribution >= 4 is 0 Å². The molecule has 3 rings (SSSR count). The zero-order chi connectivity index (χ0) is 7.69. The maximum atomic E-state index is 9.77. The fraction of sp³-hybridized carbons (Fsp3) is 1.00. The lowest BCUT2D eigenvalue weighted by atomic mass is 9.54. The third kappa shape index (κ3) is 0.482. The summed E-state index contributed by atoms with van der Waals surface area (Å²) in [5.74, 6) is 0.750. The first kappa shape index (κ1) is 6.44. The van der Waals surface area contributed by atoms with Crippen molar-refractivity contribution in [3.63, 3.8) is 0 Å². The third-order valence-electron chi connectivity index (χ3n) is 4.38. The van der Waals surface area contributed by atoms with Gasteiger partial charge in [0.05, 0.1) is 18.3 Å². The maximum Gasteiger partial charge on any atom is 0.0999 e. The summed E-state index contributed by atoms with van der Waals surface area (Å²) in [7, 11) is 0. The molecule has 0 aromatic carbocycles. The zero-order valence-corrected chi connectivity index (χ0v) is 6.84. The molecule has 1 spiro atoms. The molecule has 3 fully saturated rings. The van der Waals surface area contributed by atoms with Gasteiger partial charge in [0, 0.05) is 5.41 Å². The Morgan fingerprint density at radius 3 is 2.73 bits per heavy atom. The summed E-state index contributed by atoms with van der Waals surface area (Å²) in [6.45, 7) is 3.10. The van der Waals surface area contributed by atoms with Crippen molar-refractivity contribution in [2.45, 2.75) is 37.9 Å². The lowest BCUT2D eigenvalue weighted by Gasteiger charge is -2.50. The first-order valence-electron chi connectivity index (χ1n) is 4.51. The Labute approximate surface area is 66.5 Å². The number of hydrogen-bond donors (Lipinski definition) is 1. The molecule has 2 saturated carbocycles. The van der Waals surface area contributed by atoms with Crippen LogP contribution in [-0.2, 0) is 4.74 Å². The van der Waals surface area contributed by atoms with Crippen molar-refractivity contribution in [1.29, 1.82) is 0 Å². The molecule has 2 aliphatic carbocycles. The highest BCUT2D eigenvalue weighted by Crippen LogP contribution is 2.69. The smallest absolute Gasteiger partial charge is 0.0999 e. The lowest BCUT2D eigenvalue weighted by molar-refractivity contribution is -0.105. The van der Waals surface area contributed by atoms with E-state index in [1.807, 2.05) is 0 Å². The molecule has 0 aromatic rings. The van der Waals surface area contributed by atoms with E-state index in [-0.39, 0.29) is 17.1 Å². The van der Waals surface area contributed by atoms with Crippen LogP contribution in [0.1, 0.15) is 26.2 Å². The molecule has 1 aliphatic heterocycles. The van der Waals surface area contributed by atoms with E-state index in [9.17, 15) is 5.11 Å². The van der Waals surface area contributed by atoms with E-state index in [1.165, 1.54) is 12.8 Å². The van der Waals surface area contributed by atoms with Gasteiger partial charge in [-0.3, -0.25) is 0 Å². The fourth-order valence-electron chi connectivity index (χ4n) is 3.22. The van der Waals surface area contributed by atoms with Crippen molar-refractivity contribution in [2.24, 2.45) is 11.3 Å². The van der Waals surface area contributed by atoms with E-state index >= 15 is 0 Å². The summed E-state index contributed by atoms with van der Waals surface area (Å²) in [6.07, 6.45) is 3.32. The van der Waals surface area contributed by atoms with Crippen LogP contribution < -0.4 is 0 Å². The van der Waals surface area contributed by atoms with Crippen molar-refractivity contribution in [3.8, 4) is 0 Å². The highest BCUT2D eigenvalue weighted by molar-refractivity contribution is 5.23. The molecule has 0 aromatic heterocycles. The van der Waals surface area contributed by atoms with Gasteiger partial charge in [0.2, 0.25) is 0 Å². The summed E-state index contributed by atoms with van der Waals surface area (Å²) >= 11 is 0. The standard InChI is InChI=1S/C9H14O2/c1-8-6(2-3-7(8)10)4-9(8)5-11-9/h6-7,10H,2-5H2,1H3. The van der Waals surface area contributed by atoms with E-state index in [4.69, 9.17) is 4.74 Å². The highest BCUT2D eigenvalue weighted by atomic mass is 16.6. The number of fused-ring (bicyclic) bond motifs is 2. The van der Waals surface area contributed by atoms with E-state index in [1.54, 1.807) is 0 Å². The topological polar surface area (TPSA) is 32.8 Å². The number of hydrogen-bond acceptors (Lipinski definition) is 2. The van der Waals surface area contributed by atoms with Crippen molar-refractivity contribution in [1.82, 2.24) is 0 Å². The van der Waals surface area contributed by atoms with Crippen molar-refractivity contribution in [2.75, 3.05) is 6.61 Å². The van der Waals surface area contributed by atoms with Crippen LogP contribution in [0.4, 0.5) is 0 Å². The molecule has 2 heteroatoms. The second kappa shape index (κ2) is 1.50. The van der Waals surface area contributed by atoms with Crippen LogP contribution in [-0.4, -0.2) is 23.4 Å². The van der Waals surface area contributed by atoms with Crippen LogP contribution in [0.5, 0.6) is 0 Å². The second-order valence-electron chi connectivity index (χ2n) is 4.56.